The summed E-state index contributed by atoms with van der Waals surface area (Å²) in [5.41, 5.74) is 1.34. The molecule has 0 saturated carbocycles. The molecular weight excluding hydrogens is 236 g/mol. The molecule has 1 saturated heterocycles. The van der Waals surface area contributed by atoms with Gasteiger partial charge in [0, 0.05) is 32.7 Å². The zero-order valence-electron chi connectivity index (χ0n) is 13.0. The average molecular weight is 266 g/mol. The summed E-state index contributed by atoms with van der Waals surface area (Å²) in [6.45, 7) is 15.0. The Balaban J connectivity index is 2.44. The lowest BCUT2D eigenvalue weighted by molar-refractivity contribution is 0.151. The highest BCUT2D eigenvalue weighted by atomic mass is 16.5. The highest BCUT2D eigenvalue weighted by Gasteiger charge is 2.10. The molecule has 1 heterocycles. The molecule has 3 nitrogen and oxygen atoms in total. The molecule has 0 atom stereocenters. The number of hydrogen-bond acceptors (Lipinski definition) is 3. The fourth-order valence-electron chi connectivity index (χ4n) is 2.02. The first kappa shape index (κ1) is 16.3. The Morgan fingerprint density at radius 1 is 1.32 bits per heavy atom. The van der Waals surface area contributed by atoms with E-state index in [1.165, 1.54) is 5.57 Å². The van der Waals surface area contributed by atoms with Gasteiger partial charge in [0.15, 0.2) is 0 Å². The van der Waals surface area contributed by atoms with Crippen LogP contribution in [0.1, 0.15) is 34.1 Å². The second-order valence-corrected chi connectivity index (χ2v) is 5.45. The monoisotopic (exact) mass is 266 g/mol. The molecule has 0 aromatic carbocycles. The Morgan fingerprint density at radius 2 is 2.00 bits per heavy atom. The third kappa shape index (κ3) is 6.26. The van der Waals surface area contributed by atoms with Gasteiger partial charge in [0.1, 0.15) is 12.4 Å². The van der Waals surface area contributed by atoms with E-state index in [2.05, 4.69) is 50.1 Å². The summed E-state index contributed by atoms with van der Waals surface area (Å²) in [6, 6.07) is 0. The van der Waals surface area contributed by atoms with Crippen LogP contribution in [0.25, 0.3) is 0 Å². The van der Waals surface area contributed by atoms with E-state index in [-0.39, 0.29) is 0 Å². The maximum atomic E-state index is 6.00. The van der Waals surface area contributed by atoms with Crippen LogP contribution in [0.3, 0.4) is 0 Å². The van der Waals surface area contributed by atoms with E-state index in [0.29, 0.717) is 5.92 Å². The van der Waals surface area contributed by atoms with Crippen molar-refractivity contribution in [3.63, 3.8) is 0 Å². The molecule has 1 rings (SSSR count). The SMILES string of the molecule is CC/C=C\C(OCCN1CCNCC1)=C(/C)C(C)C. The predicted octanol–water partition coefficient (Wildman–Crippen LogP) is 2.80. The highest BCUT2D eigenvalue weighted by Crippen LogP contribution is 2.16. The largest absolute Gasteiger partial charge is 0.492 e. The van der Waals surface area contributed by atoms with Crippen molar-refractivity contribution in [2.24, 2.45) is 5.92 Å². The lowest BCUT2D eigenvalue weighted by atomic mass is 10.0. The van der Waals surface area contributed by atoms with Crippen molar-refractivity contribution in [3.05, 3.63) is 23.5 Å². The van der Waals surface area contributed by atoms with Crippen molar-refractivity contribution < 1.29 is 4.74 Å². The van der Waals surface area contributed by atoms with Crippen molar-refractivity contribution >= 4 is 0 Å². The maximum Gasteiger partial charge on any atom is 0.118 e. The fourth-order valence-corrected chi connectivity index (χ4v) is 2.02. The van der Waals surface area contributed by atoms with Gasteiger partial charge in [-0.3, -0.25) is 4.90 Å². The Labute approximate surface area is 118 Å². The topological polar surface area (TPSA) is 24.5 Å². The van der Waals surface area contributed by atoms with Crippen molar-refractivity contribution in [3.8, 4) is 0 Å². The summed E-state index contributed by atoms with van der Waals surface area (Å²) in [5, 5.41) is 3.37. The predicted molar refractivity (Wildman–Crippen MR) is 82.2 cm³/mol. The van der Waals surface area contributed by atoms with Crippen LogP contribution < -0.4 is 5.32 Å². The standard InChI is InChI=1S/C16H30N2O/c1-5-6-7-16(15(4)14(2)3)19-13-12-18-10-8-17-9-11-18/h6-7,14,17H,5,8-13H2,1-4H3/b7-6-,16-15-. The molecule has 0 radical (unpaired) electrons. The quantitative estimate of drug-likeness (QED) is 0.566. The summed E-state index contributed by atoms with van der Waals surface area (Å²) < 4.78 is 6.00. The van der Waals surface area contributed by atoms with Crippen molar-refractivity contribution in [2.75, 3.05) is 39.3 Å². The Hall–Kier alpha value is -0.800. The Morgan fingerprint density at radius 3 is 2.58 bits per heavy atom. The molecule has 1 aliphatic rings. The number of allylic oxidation sites excluding steroid dienone is 3. The number of nitrogens with zero attached hydrogens (tertiary/aromatic N) is 1. The van der Waals surface area contributed by atoms with E-state index >= 15 is 0 Å². The molecule has 0 aromatic rings. The summed E-state index contributed by atoms with van der Waals surface area (Å²) in [4.78, 5) is 2.46. The number of nitrogens with one attached hydrogen (secondary N) is 1. The maximum absolute atomic E-state index is 6.00. The molecule has 0 bridgehead atoms. The molecule has 0 amide bonds. The lowest BCUT2D eigenvalue weighted by Crippen LogP contribution is -2.44. The van der Waals surface area contributed by atoms with Crippen LogP contribution >= 0.6 is 0 Å². The number of piperazine rings is 1. The van der Waals surface area contributed by atoms with Gasteiger partial charge in [0.05, 0.1) is 0 Å². The minimum Gasteiger partial charge on any atom is -0.492 e. The van der Waals surface area contributed by atoms with Gasteiger partial charge in [0.2, 0.25) is 0 Å². The molecule has 110 valence electrons. The first-order valence-corrected chi connectivity index (χ1v) is 7.58. The molecule has 3 heteroatoms. The number of rotatable bonds is 7. The molecule has 19 heavy (non-hydrogen) atoms. The summed E-state index contributed by atoms with van der Waals surface area (Å²) in [6.07, 6.45) is 5.36. The smallest absolute Gasteiger partial charge is 0.118 e. The van der Waals surface area contributed by atoms with Gasteiger partial charge in [-0.2, -0.15) is 0 Å². The van der Waals surface area contributed by atoms with Crippen LogP contribution in [0.15, 0.2) is 23.5 Å². The number of hydrogen-bond donors (Lipinski definition) is 1. The zero-order chi connectivity index (χ0) is 14.1. The van der Waals surface area contributed by atoms with E-state index in [1.807, 2.05) is 0 Å². The Kier molecular flexibility index (Phi) is 7.84. The molecule has 1 fully saturated rings. The van der Waals surface area contributed by atoms with Crippen molar-refractivity contribution in [1.82, 2.24) is 10.2 Å². The third-order valence-corrected chi connectivity index (χ3v) is 3.63. The van der Waals surface area contributed by atoms with Gasteiger partial charge < -0.3 is 10.1 Å². The lowest BCUT2D eigenvalue weighted by Gasteiger charge is -2.27. The second-order valence-electron chi connectivity index (χ2n) is 5.45. The minimum atomic E-state index is 0.538. The van der Waals surface area contributed by atoms with Crippen LogP contribution in [-0.4, -0.2) is 44.2 Å². The molecule has 1 aliphatic heterocycles. The normalized spacial score (nSPS) is 19.0. The van der Waals surface area contributed by atoms with Crippen LogP contribution in [-0.2, 0) is 4.74 Å². The van der Waals surface area contributed by atoms with Crippen molar-refractivity contribution in [2.45, 2.75) is 34.1 Å². The van der Waals surface area contributed by atoms with E-state index in [4.69, 9.17) is 4.74 Å². The molecule has 0 aliphatic carbocycles. The first-order chi connectivity index (χ1) is 9.15. The van der Waals surface area contributed by atoms with E-state index < -0.39 is 0 Å². The molecule has 0 unspecified atom stereocenters. The fraction of sp³-hybridized carbons (Fsp3) is 0.750. The van der Waals surface area contributed by atoms with Gasteiger partial charge in [-0.15, -0.1) is 0 Å². The van der Waals surface area contributed by atoms with Gasteiger partial charge in [-0.1, -0.05) is 26.8 Å². The summed E-state index contributed by atoms with van der Waals surface area (Å²) >= 11 is 0. The molecule has 1 N–H and O–H groups in total. The van der Waals surface area contributed by atoms with Crippen LogP contribution in [0.4, 0.5) is 0 Å². The van der Waals surface area contributed by atoms with Gasteiger partial charge in [-0.05, 0) is 30.9 Å². The van der Waals surface area contributed by atoms with E-state index in [1.54, 1.807) is 0 Å². The van der Waals surface area contributed by atoms with Crippen LogP contribution in [0.5, 0.6) is 0 Å². The highest BCUT2D eigenvalue weighted by molar-refractivity contribution is 5.20. The average Bonchev–Trinajstić information content (AvgIpc) is 2.43. The van der Waals surface area contributed by atoms with Crippen LogP contribution in [0, 0.1) is 5.92 Å². The van der Waals surface area contributed by atoms with Crippen molar-refractivity contribution in [1.29, 1.82) is 0 Å². The summed E-state index contributed by atoms with van der Waals surface area (Å²) in [5.74, 6) is 1.60. The van der Waals surface area contributed by atoms with E-state index in [9.17, 15) is 0 Å². The van der Waals surface area contributed by atoms with Gasteiger partial charge in [-0.25, -0.2) is 0 Å². The van der Waals surface area contributed by atoms with Gasteiger partial charge in [0.25, 0.3) is 0 Å². The minimum absolute atomic E-state index is 0.538. The van der Waals surface area contributed by atoms with Crippen LogP contribution in [0.2, 0.25) is 0 Å². The molecule has 0 aromatic heterocycles. The zero-order valence-corrected chi connectivity index (χ0v) is 13.0. The second kappa shape index (κ2) is 9.16. The van der Waals surface area contributed by atoms with E-state index in [0.717, 1.165) is 51.5 Å². The summed E-state index contributed by atoms with van der Waals surface area (Å²) in [7, 11) is 0. The molecule has 0 spiro atoms. The third-order valence-electron chi connectivity index (χ3n) is 3.63. The first-order valence-electron chi connectivity index (χ1n) is 7.58. The Bertz CT molecular complexity index is 302. The molecular formula is C16H30N2O. The number of ether oxygens (including phenoxy) is 1. The van der Waals surface area contributed by atoms with Gasteiger partial charge >= 0.3 is 0 Å².